The van der Waals surface area contributed by atoms with Crippen molar-refractivity contribution in [2.24, 2.45) is 5.73 Å². The fraction of sp³-hybridized carbons (Fsp3) is 0.250. The van der Waals surface area contributed by atoms with E-state index in [9.17, 15) is 8.78 Å². The van der Waals surface area contributed by atoms with Crippen LogP contribution in [0.25, 0.3) is 0 Å². The number of halogens is 3. The van der Waals surface area contributed by atoms with E-state index in [4.69, 9.17) is 5.73 Å². The van der Waals surface area contributed by atoms with E-state index >= 15 is 0 Å². The lowest BCUT2D eigenvalue weighted by atomic mass is 9.73. The van der Waals surface area contributed by atoms with Gasteiger partial charge in [-0.05, 0) is 58.5 Å². The zero-order valence-electron chi connectivity index (χ0n) is 10.8. The maximum absolute atomic E-state index is 14.4. The van der Waals surface area contributed by atoms with Crippen LogP contribution in [-0.2, 0) is 12.0 Å². The Kier molecular flexibility index (Phi) is 3.38. The van der Waals surface area contributed by atoms with E-state index in [1.165, 1.54) is 12.1 Å². The molecule has 0 radical (unpaired) electrons. The van der Waals surface area contributed by atoms with E-state index < -0.39 is 17.2 Å². The summed E-state index contributed by atoms with van der Waals surface area (Å²) in [6, 6.07) is 10.3. The molecule has 0 saturated carbocycles. The van der Waals surface area contributed by atoms with Crippen LogP contribution in [0, 0.1) is 11.6 Å². The minimum absolute atomic E-state index is 0.0426. The summed E-state index contributed by atoms with van der Waals surface area (Å²) in [5.74, 6) is -1.20. The van der Waals surface area contributed by atoms with Crippen molar-refractivity contribution in [1.82, 2.24) is 0 Å². The van der Waals surface area contributed by atoms with Gasteiger partial charge in [0.1, 0.15) is 11.6 Å². The van der Waals surface area contributed by atoms with E-state index in [2.05, 4.69) is 15.9 Å². The van der Waals surface area contributed by atoms with Crippen LogP contribution in [-0.4, -0.2) is 0 Å². The first-order valence-corrected chi connectivity index (χ1v) is 7.34. The van der Waals surface area contributed by atoms with Crippen molar-refractivity contribution in [3.63, 3.8) is 0 Å². The molecule has 104 valence electrons. The van der Waals surface area contributed by atoms with Gasteiger partial charge in [-0.3, -0.25) is 0 Å². The minimum Gasteiger partial charge on any atom is -0.318 e. The third-order valence-corrected chi connectivity index (χ3v) is 4.62. The lowest BCUT2D eigenvalue weighted by molar-refractivity contribution is 0.398. The Labute approximate surface area is 124 Å². The molecule has 2 aromatic carbocycles. The zero-order chi connectivity index (χ0) is 14.3. The number of nitrogens with two attached hydrogens (primary N) is 1. The van der Waals surface area contributed by atoms with Gasteiger partial charge < -0.3 is 5.73 Å². The Hall–Kier alpha value is -1.26. The van der Waals surface area contributed by atoms with Crippen molar-refractivity contribution < 1.29 is 8.78 Å². The lowest BCUT2D eigenvalue weighted by Gasteiger charge is -2.36. The highest BCUT2D eigenvalue weighted by atomic mass is 79.9. The summed E-state index contributed by atoms with van der Waals surface area (Å²) in [6.45, 7) is 0. The smallest absolute Gasteiger partial charge is 0.145 e. The number of rotatable bonds is 1. The highest BCUT2D eigenvalue weighted by molar-refractivity contribution is 9.10. The normalized spacial score (nSPS) is 21.6. The Morgan fingerprint density at radius 2 is 1.85 bits per heavy atom. The molecule has 1 aliphatic rings. The second kappa shape index (κ2) is 4.93. The van der Waals surface area contributed by atoms with Crippen LogP contribution >= 0.6 is 15.9 Å². The maximum Gasteiger partial charge on any atom is 0.145 e. The molecule has 2 aromatic rings. The van der Waals surface area contributed by atoms with Crippen molar-refractivity contribution in [2.45, 2.75) is 24.8 Å². The van der Waals surface area contributed by atoms with Gasteiger partial charge in [0.15, 0.2) is 0 Å². The molecule has 0 aromatic heterocycles. The van der Waals surface area contributed by atoms with E-state index in [0.29, 0.717) is 6.42 Å². The summed E-state index contributed by atoms with van der Waals surface area (Å²) in [6.07, 6.45) is 2.25. The molecule has 0 amide bonds. The Balaban J connectivity index is 2.27. The number of benzene rings is 2. The van der Waals surface area contributed by atoms with E-state index in [1.807, 2.05) is 24.3 Å². The molecular formula is C16H14BrF2N. The Morgan fingerprint density at radius 3 is 2.65 bits per heavy atom. The quantitative estimate of drug-likeness (QED) is 0.773. The van der Waals surface area contributed by atoms with Crippen LogP contribution in [0.5, 0.6) is 0 Å². The average molecular weight is 338 g/mol. The fourth-order valence-corrected chi connectivity index (χ4v) is 3.39. The summed E-state index contributed by atoms with van der Waals surface area (Å²) in [5, 5.41) is 0. The fourth-order valence-electron chi connectivity index (χ4n) is 3.06. The molecule has 3 rings (SSSR count). The summed E-state index contributed by atoms with van der Waals surface area (Å²) < 4.78 is 28.9. The summed E-state index contributed by atoms with van der Waals surface area (Å²) in [5.41, 5.74) is 7.21. The van der Waals surface area contributed by atoms with Crippen molar-refractivity contribution >= 4 is 15.9 Å². The van der Waals surface area contributed by atoms with Crippen LogP contribution in [0.15, 0.2) is 40.9 Å². The first kappa shape index (κ1) is 13.7. The second-order valence-corrected chi connectivity index (χ2v) is 6.05. The molecule has 1 nitrogen and oxygen atoms in total. The van der Waals surface area contributed by atoms with E-state index in [1.54, 1.807) is 0 Å². The van der Waals surface area contributed by atoms with Crippen molar-refractivity contribution in [2.75, 3.05) is 0 Å². The Morgan fingerprint density at radius 1 is 1.10 bits per heavy atom. The van der Waals surface area contributed by atoms with Crippen LogP contribution < -0.4 is 5.73 Å². The van der Waals surface area contributed by atoms with Gasteiger partial charge in [0.2, 0.25) is 0 Å². The van der Waals surface area contributed by atoms with Gasteiger partial charge in [-0.15, -0.1) is 0 Å². The zero-order valence-corrected chi connectivity index (χ0v) is 12.4. The minimum atomic E-state index is -1.10. The molecule has 2 N–H and O–H groups in total. The lowest BCUT2D eigenvalue weighted by Crippen LogP contribution is -2.42. The second-order valence-electron chi connectivity index (χ2n) is 5.20. The third kappa shape index (κ3) is 1.98. The van der Waals surface area contributed by atoms with Gasteiger partial charge in [0.25, 0.3) is 0 Å². The molecule has 4 heteroatoms. The number of aryl methyl sites for hydroxylation is 1. The van der Waals surface area contributed by atoms with Gasteiger partial charge in [0.05, 0.1) is 10.0 Å². The average Bonchev–Trinajstić information content (AvgIpc) is 2.44. The molecule has 1 atom stereocenters. The number of hydrogen-bond acceptors (Lipinski definition) is 1. The molecular weight excluding hydrogens is 324 g/mol. The largest absolute Gasteiger partial charge is 0.318 e. The molecule has 1 unspecified atom stereocenters. The predicted molar refractivity (Wildman–Crippen MR) is 78.4 cm³/mol. The van der Waals surface area contributed by atoms with Crippen molar-refractivity contribution in [3.8, 4) is 0 Å². The highest BCUT2D eigenvalue weighted by Crippen LogP contribution is 2.41. The van der Waals surface area contributed by atoms with E-state index in [0.717, 1.165) is 24.0 Å². The molecule has 20 heavy (non-hydrogen) atoms. The molecule has 0 bridgehead atoms. The summed E-state index contributed by atoms with van der Waals surface area (Å²) in [7, 11) is 0. The van der Waals surface area contributed by atoms with Crippen LogP contribution in [0.4, 0.5) is 8.78 Å². The first-order chi connectivity index (χ1) is 9.54. The highest BCUT2D eigenvalue weighted by Gasteiger charge is 2.39. The van der Waals surface area contributed by atoms with Crippen LogP contribution in [0.2, 0.25) is 0 Å². The summed E-state index contributed by atoms with van der Waals surface area (Å²) >= 11 is 3.11. The SMILES string of the molecule is NC1(c2c(F)ccc(Br)c2F)CCCc2ccccc21. The van der Waals surface area contributed by atoms with Gasteiger partial charge in [0, 0.05) is 5.56 Å². The monoisotopic (exact) mass is 337 g/mol. The van der Waals surface area contributed by atoms with Gasteiger partial charge >= 0.3 is 0 Å². The molecule has 1 aliphatic carbocycles. The first-order valence-electron chi connectivity index (χ1n) is 6.55. The maximum atomic E-state index is 14.4. The molecule has 0 spiro atoms. The number of hydrogen-bond donors (Lipinski definition) is 1. The van der Waals surface area contributed by atoms with Crippen LogP contribution in [0.1, 0.15) is 29.5 Å². The van der Waals surface area contributed by atoms with Gasteiger partial charge in [-0.25, -0.2) is 8.78 Å². The molecule has 0 fully saturated rings. The standard InChI is InChI=1S/C16H14BrF2N/c17-12-7-8-13(18)14(15(12)19)16(20)9-3-5-10-4-1-2-6-11(10)16/h1-2,4,6-8H,3,5,9,20H2. The van der Waals surface area contributed by atoms with E-state index in [-0.39, 0.29) is 10.0 Å². The number of fused-ring (bicyclic) bond motifs is 1. The van der Waals surface area contributed by atoms with Gasteiger partial charge in [-0.2, -0.15) is 0 Å². The van der Waals surface area contributed by atoms with Crippen molar-refractivity contribution in [3.05, 3.63) is 69.2 Å². The predicted octanol–water partition coefficient (Wildman–Crippen LogP) is 4.27. The topological polar surface area (TPSA) is 26.0 Å². The summed E-state index contributed by atoms with van der Waals surface area (Å²) in [4.78, 5) is 0. The van der Waals surface area contributed by atoms with Crippen molar-refractivity contribution in [1.29, 1.82) is 0 Å². The Bertz CT molecular complexity index is 672. The van der Waals surface area contributed by atoms with Crippen LogP contribution in [0.3, 0.4) is 0 Å². The molecule has 0 saturated heterocycles. The third-order valence-electron chi connectivity index (χ3n) is 4.01. The van der Waals surface area contributed by atoms with Gasteiger partial charge in [-0.1, -0.05) is 24.3 Å². The molecule has 0 aliphatic heterocycles. The molecule has 0 heterocycles.